The molecule has 1 atom stereocenters. The lowest BCUT2D eigenvalue weighted by atomic mass is 10.1. The zero-order valence-corrected chi connectivity index (χ0v) is 12.5. The number of aliphatic hydroxyl groups is 1. The van der Waals surface area contributed by atoms with Gasteiger partial charge in [-0.2, -0.15) is 0 Å². The maximum atomic E-state index is 9.56. The molecule has 0 spiro atoms. The highest BCUT2D eigenvalue weighted by Gasteiger charge is 2.26. The van der Waals surface area contributed by atoms with Crippen LogP contribution < -0.4 is 4.90 Å². The predicted octanol–water partition coefficient (Wildman–Crippen LogP) is 2.80. The molecule has 1 saturated carbocycles. The fourth-order valence-corrected chi connectivity index (χ4v) is 3.58. The van der Waals surface area contributed by atoms with E-state index in [-0.39, 0.29) is 6.10 Å². The SMILES string of the molecule is C[C@@H](O)c1ccc(N2CCN(C3CCCC3)CC2)cc1. The molecule has 20 heavy (non-hydrogen) atoms. The second kappa shape index (κ2) is 6.15. The topological polar surface area (TPSA) is 26.7 Å². The molecule has 3 rings (SSSR count). The van der Waals surface area contributed by atoms with Crippen molar-refractivity contribution in [2.75, 3.05) is 31.1 Å². The number of hydrogen-bond donors (Lipinski definition) is 1. The fraction of sp³-hybridized carbons (Fsp3) is 0.647. The van der Waals surface area contributed by atoms with Crippen LogP contribution in [-0.4, -0.2) is 42.2 Å². The van der Waals surface area contributed by atoms with E-state index in [0.29, 0.717) is 0 Å². The van der Waals surface area contributed by atoms with Crippen LogP contribution in [0.3, 0.4) is 0 Å². The van der Waals surface area contributed by atoms with Gasteiger partial charge in [-0.3, -0.25) is 4.90 Å². The smallest absolute Gasteiger partial charge is 0.0761 e. The van der Waals surface area contributed by atoms with Gasteiger partial charge < -0.3 is 10.0 Å². The van der Waals surface area contributed by atoms with E-state index in [1.807, 2.05) is 19.1 Å². The summed E-state index contributed by atoms with van der Waals surface area (Å²) in [6, 6.07) is 9.24. The van der Waals surface area contributed by atoms with E-state index in [9.17, 15) is 5.11 Å². The Bertz CT molecular complexity index is 415. The first-order valence-corrected chi connectivity index (χ1v) is 8.01. The second-order valence-corrected chi connectivity index (χ2v) is 6.23. The Kier molecular flexibility index (Phi) is 4.27. The van der Waals surface area contributed by atoms with Crippen molar-refractivity contribution < 1.29 is 5.11 Å². The van der Waals surface area contributed by atoms with E-state index >= 15 is 0 Å². The van der Waals surface area contributed by atoms with E-state index in [0.717, 1.165) is 24.7 Å². The number of piperazine rings is 1. The minimum atomic E-state index is -0.372. The van der Waals surface area contributed by atoms with Gasteiger partial charge >= 0.3 is 0 Å². The molecule has 1 aliphatic carbocycles. The molecule has 0 amide bonds. The van der Waals surface area contributed by atoms with E-state index in [4.69, 9.17) is 0 Å². The van der Waals surface area contributed by atoms with Gasteiger partial charge in [0, 0.05) is 37.9 Å². The van der Waals surface area contributed by atoms with Crippen molar-refractivity contribution in [3.05, 3.63) is 29.8 Å². The number of rotatable bonds is 3. The summed E-state index contributed by atoms with van der Waals surface area (Å²) >= 11 is 0. The van der Waals surface area contributed by atoms with E-state index in [1.54, 1.807) is 0 Å². The summed E-state index contributed by atoms with van der Waals surface area (Å²) in [5.74, 6) is 0. The average Bonchev–Trinajstić information content (AvgIpc) is 3.02. The van der Waals surface area contributed by atoms with E-state index in [2.05, 4.69) is 21.9 Å². The molecule has 0 unspecified atom stereocenters. The van der Waals surface area contributed by atoms with Gasteiger partial charge in [0.15, 0.2) is 0 Å². The van der Waals surface area contributed by atoms with Crippen molar-refractivity contribution in [3.63, 3.8) is 0 Å². The Hall–Kier alpha value is -1.06. The summed E-state index contributed by atoms with van der Waals surface area (Å²) in [7, 11) is 0. The van der Waals surface area contributed by atoms with Gasteiger partial charge in [-0.25, -0.2) is 0 Å². The summed E-state index contributed by atoms with van der Waals surface area (Å²) in [5.41, 5.74) is 2.29. The third-order valence-corrected chi connectivity index (χ3v) is 4.90. The summed E-state index contributed by atoms with van der Waals surface area (Å²) in [6.07, 6.45) is 5.28. The number of hydrogen-bond acceptors (Lipinski definition) is 3. The van der Waals surface area contributed by atoms with Crippen LogP contribution in [0, 0.1) is 0 Å². The quantitative estimate of drug-likeness (QED) is 0.918. The standard InChI is InChI=1S/C17H26N2O/c1-14(20)15-6-8-17(9-7-15)19-12-10-18(11-13-19)16-4-2-3-5-16/h6-9,14,16,20H,2-5,10-13H2,1H3/t14-/m1/s1. The number of nitrogens with zero attached hydrogens (tertiary/aromatic N) is 2. The molecule has 0 radical (unpaired) electrons. The lowest BCUT2D eigenvalue weighted by Crippen LogP contribution is -2.49. The lowest BCUT2D eigenvalue weighted by Gasteiger charge is -2.39. The molecule has 1 heterocycles. The van der Waals surface area contributed by atoms with Crippen molar-refractivity contribution >= 4 is 5.69 Å². The maximum absolute atomic E-state index is 9.56. The van der Waals surface area contributed by atoms with Gasteiger partial charge in [0.1, 0.15) is 0 Å². The van der Waals surface area contributed by atoms with Gasteiger partial charge in [-0.15, -0.1) is 0 Å². The maximum Gasteiger partial charge on any atom is 0.0761 e. The van der Waals surface area contributed by atoms with Crippen LogP contribution in [0.25, 0.3) is 0 Å². The molecular formula is C17H26N2O. The van der Waals surface area contributed by atoms with Crippen molar-refractivity contribution in [3.8, 4) is 0 Å². The minimum absolute atomic E-state index is 0.372. The average molecular weight is 274 g/mol. The zero-order chi connectivity index (χ0) is 13.9. The Labute approximate surface area is 122 Å². The first-order valence-electron chi connectivity index (χ1n) is 8.01. The van der Waals surface area contributed by atoms with Crippen molar-refractivity contribution in [2.45, 2.75) is 44.8 Å². The largest absolute Gasteiger partial charge is 0.389 e. The molecule has 2 fully saturated rings. The third-order valence-electron chi connectivity index (χ3n) is 4.90. The first kappa shape index (κ1) is 13.9. The van der Waals surface area contributed by atoms with Crippen LogP contribution in [0.2, 0.25) is 0 Å². The first-order chi connectivity index (χ1) is 9.74. The highest BCUT2D eigenvalue weighted by atomic mass is 16.3. The summed E-state index contributed by atoms with van der Waals surface area (Å²) < 4.78 is 0. The molecule has 1 saturated heterocycles. The normalized spacial score (nSPS) is 23.2. The van der Waals surface area contributed by atoms with E-state index in [1.165, 1.54) is 44.5 Å². The summed E-state index contributed by atoms with van der Waals surface area (Å²) in [5, 5.41) is 9.56. The third kappa shape index (κ3) is 2.99. The minimum Gasteiger partial charge on any atom is -0.389 e. The fourth-order valence-electron chi connectivity index (χ4n) is 3.58. The molecule has 3 heteroatoms. The highest BCUT2D eigenvalue weighted by molar-refractivity contribution is 5.48. The van der Waals surface area contributed by atoms with Gasteiger partial charge in [0.05, 0.1) is 6.10 Å². The Balaban J connectivity index is 1.57. The van der Waals surface area contributed by atoms with Crippen LogP contribution in [0.5, 0.6) is 0 Å². The lowest BCUT2D eigenvalue weighted by molar-refractivity contribution is 0.187. The van der Waals surface area contributed by atoms with Gasteiger partial charge in [-0.05, 0) is 37.5 Å². The number of anilines is 1. The zero-order valence-electron chi connectivity index (χ0n) is 12.5. The van der Waals surface area contributed by atoms with Gasteiger partial charge in [0.2, 0.25) is 0 Å². The van der Waals surface area contributed by atoms with Crippen molar-refractivity contribution in [2.24, 2.45) is 0 Å². The molecule has 110 valence electrons. The van der Waals surface area contributed by atoms with Gasteiger partial charge in [-0.1, -0.05) is 25.0 Å². The second-order valence-electron chi connectivity index (χ2n) is 6.23. The summed E-state index contributed by atoms with van der Waals surface area (Å²) in [4.78, 5) is 5.16. The Morgan fingerprint density at radius 3 is 2.15 bits per heavy atom. The molecule has 1 aliphatic heterocycles. The molecule has 1 aromatic rings. The molecule has 1 N–H and O–H groups in total. The van der Waals surface area contributed by atoms with Crippen LogP contribution >= 0.6 is 0 Å². The molecular weight excluding hydrogens is 248 g/mol. The highest BCUT2D eigenvalue weighted by Crippen LogP contribution is 2.26. The number of benzene rings is 1. The van der Waals surface area contributed by atoms with Crippen LogP contribution in [0.15, 0.2) is 24.3 Å². The molecule has 2 aliphatic rings. The molecule has 0 aromatic heterocycles. The Morgan fingerprint density at radius 1 is 1.00 bits per heavy atom. The summed E-state index contributed by atoms with van der Waals surface area (Å²) in [6.45, 7) is 6.47. The predicted molar refractivity (Wildman–Crippen MR) is 83.1 cm³/mol. The van der Waals surface area contributed by atoms with Crippen LogP contribution in [0.1, 0.15) is 44.3 Å². The van der Waals surface area contributed by atoms with Crippen molar-refractivity contribution in [1.29, 1.82) is 0 Å². The van der Waals surface area contributed by atoms with Crippen LogP contribution in [-0.2, 0) is 0 Å². The Morgan fingerprint density at radius 2 is 1.60 bits per heavy atom. The monoisotopic (exact) mass is 274 g/mol. The van der Waals surface area contributed by atoms with Gasteiger partial charge in [0.25, 0.3) is 0 Å². The molecule has 3 nitrogen and oxygen atoms in total. The van der Waals surface area contributed by atoms with E-state index < -0.39 is 0 Å². The molecule has 1 aromatic carbocycles. The number of aliphatic hydroxyl groups excluding tert-OH is 1. The molecule has 0 bridgehead atoms. The van der Waals surface area contributed by atoms with Crippen molar-refractivity contribution in [1.82, 2.24) is 4.90 Å². The van der Waals surface area contributed by atoms with Crippen LogP contribution in [0.4, 0.5) is 5.69 Å².